The minimum atomic E-state index is -3.83. The summed E-state index contributed by atoms with van der Waals surface area (Å²) in [5.41, 5.74) is 0.491. The van der Waals surface area contributed by atoms with Gasteiger partial charge in [-0.1, -0.05) is 23.7 Å². The molecule has 2 heterocycles. The summed E-state index contributed by atoms with van der Waals surface area (Å²) in [4.78, 5) is 4.14. The number of rotatable bonds is 2. The van der Waals surface area contributed by atoms with Crippen molar-refractivity contribution in [3.63, 3.8) is 0 Å². The lowest BCUT2D eigenvalue weighted by Crippen LogP contribution is -2.12. The standard InChI is InChI=1S/C17H11ClN2O3S/c18-17-14-2-1-3-16(13(14)6-8-19-17)24(22,23)20-9-7-11-10-12(21)4-5-15(11)20/h1-10,21H. The third-order valence-corrected chi connectivity index (χ3v) is 5.94. The zero-order valence-electron chi connectivity index (χ0n) is 12.2. The highest BCUT2D eigenvalue weighted by Gasteiger charge is 2.22. The first kappa shape index (κ1) is 15.0. The van der Waals surface area contributed by atoms with Crippen molar-refractivity contribution in [1.29, 1.82) is 0 Å². The van der Waals surface area contributed by atoms with Crippen molar-refractivity contribution in [1.82, 2.24) is 8.96 Å². The molecule has 0 spiro atoms. The van der Waals surface area contributed by atoms with Gasteiger partial charge in [-0.25, -0.2) is 17.4 Å². The van der Waals surface area contributed by atoms with Gasteiger partial charge in [0.2, 0.25) is 0 Å². The van der Waals surface area contributed by atoms with Crippen molar-refractivity contribution in [3.05, 3.63) is 66.1 Å². The van der Waals surface area contributed by atoms with Crippen molar-refractivity contribution >= 4 is 43.3 Å². The van der Waals surface area contributed by atoms with Gasteiger partial charge in [0, 0.05) is 28.6 Å². The van der Waals surface area contributed by atoms with Gasteiger partial charge in [0.05, 0.1) is 10.4 Å². The molecule has 0 atom stereocenters. The van der Waals surface area contributed by atoms with Crippen LogP contribution in [0.25, 0.3) is 21.7 Å². The van der Waals surface area contributed by atoms with Gasteiger partial charge in [-0.05, 0) is 36.4 Å². The Morgan fingerprint density at radius 3 is 2.71 bits per heavy atom. The first-order valence-corrected chi connectivity index (χ1v) is 8.89. The van der Waals surface area contributed by atoms with Gasteiger partial charge in [-0.15, -0.1) is 0 Å². The Hall–Kier alpha value is -2.57. The number of aromatic nitrogens is 2. The Labute approximate surface area is 142 Å². The maximum absolute atomic E-state index is 13.2. The van der Waals surface area contributed by atoms with E-state index in [9.17, 15) is 13.5 Å². The van der Waals surface area contributed by atoms with Gasteiger partial charge < -0.3 is 5.11 Å². The number of nitrogens with zero attached hydrogens (tertiary/aromatic N) is 2. The van der Waals surface area contributed by atoms with Crippen LogP contribution in [-0.2, 0) is 10.0 Å². The van der Waals surface area contributed by atoms with Crippen LogP contribution in [-0.4, -0.2) is 22.5 Å². The van der Waals surface area contributed by atoms with Gasteiger partial charge in [0.15, 0.2) is 0 Å². The molecule has 0 saturated carbocycles. The zero-order chi connectivity index (χ0) is 16.9. The summed E-state index contributed by atoms with van der Waals surface area (Å²) in [6, 6.07) is 12.7. The molecule has 0 amide bonds. The maximum atomic E-state index is 13.2. The van der Waals surface area contributed by atoms with E-state index in [2.05, 4.69) is 4.98 Å². The fraction of sp³-hybridized carbons (Fsp3) is 0. The Balaban J connectivity index is 2.03. The molecule has 7 heteroatoms. The molecule has 2 aromatic carbocycles. The van der Waals surface area contributed by atoms with Crippen LogP contribution in [0, 0.1) is 0 Å². The molecule has 0 radical (unpaired) electrons. The zero-order valence-corrected chi connectivity index (χ0v) is 13.8. The summed E-state index contributed by atoms with van der Waals surface area (Å²) in [5.74, 6) is 0.0839. The molecule has 0 saturated heterocycles. The van der Waals surface area contributed by atoms with Gasteiger partial charge in [-0.2, -0.15) is 0 Å². The predicted molar refractivity (Wildman–Crippen MR) is 92.9 cm³/mol. The summed E-state index contributed by atoms with van der Waals surface area (Å²) in [7, 11) is -3.83. The minimum Gasteiger partial charge on any atom is -0.508 e. The van der Waals surface area contributed by atoms with Gasteiger partial charge in [0.1, 0.15) is 10.9 Å². The van der Waals surface area contributed by atoms with Gasteiger partial charge in [0.25, 0.3) is 10.0 Å². The molecule has 0 unspecified atom stereocenters. The number of pyridine rings is 1. The topological polar surface area (TPSA) is 72.2 Å². The van der Waals surface area contributed by atoms with Crippen LogP contribution in [0.15, 0.2) is 65.8 Å². The van der Waals surface area contributed by atoms with Crippen LogP contribution in [0.2, 0.25) is 5.15 Å². The Kier molecular flexibility index (Phi) is 3.26. The largest absolute Gasteiger partial charge is 0.508 e. The average molecular weight is 359 g/mol. The number of benzene rings is 2. The number of hydrogen-bond donors (Lipinski definition) is 1. The van der Waals surface area contributed by atoms with Crippen molar-refractivity contribution < 1.29 is 13.5 Å². The van der Waals surface area contributed by atoms with Gasteiger partial charge in [-0.3, -0.25) is 0 Å². The Morgan fingerprint density at radius 1 is 1.04 bits per heavy atom. The summed E-state index contributed by atoms with van der Waals surface area (Å²) in [6.45, 7) is 0. The molecule has 0 bridgehead atoms. The number of halogens is 1. The quantitative estimate of drug-likeness (QED) is 0.553. The molecule has 24 heavy (non-hydrogen) atoms. The third kappa shape index (κ3) is 2.15. The highest BCUT2D eigenvalue weighted by molar-refractivity contribution is 7.90. The van der Waals surface area contributed by atoms with Gasteiger partial charge >= 0.3 is 0 Å². The average Bonchev–Trinajstić information content (AvgIpc) is 2.98. The number of phenols is 1. The first-order chi connectivity index (χ1) is 11.5. The molecular weight excluding hydrogens is 348 g/mol. The van der Waals surface area contributed by atoms with Crippen molar-refractivity contribution in [3.8, 4) is 5.75 Å². The first-order valence-electron chi connectivity index (χ1n) is 7.07. The van der Waals surface area contributed by atoms with Crippen molar-refractivity contribution in [2.75, 3.05) is 0 Å². The van der Waals surface area contributed by atoms with Crippen LogP contribution in [0.4, 0.5) is 0 Å². The van der Waals surface area contributed by atoms with E-state index in [1.807, 2.05) is 0 Å². The monoisotopic (exact) mass is 358 g/mol. The molecule has 0 aliphatic heterocycles. The highest BCUT2D eigenvalue weighted by Crippen LogP contribution is 2.30. The number of phenolic OH excluding ortho intramolecular Hbond substituents is 1. The van der Waals surface area contributed by atoms with Crippen LogP contribution < -0.4 is 0 Å². The molecule has 0 aliphatic carbocycles. The fourth-order valence-electron chi connectivity index (χ4n) is 2.79. The van der Waals surface area contributed by atoms with Crippen LogP contribution >= 0.6 is 11.6 Å². The molecule has 5 nitrogen and oxygen atoms in total. The summed E-state index contributed by atoms with van der Waals surface area (Å²) < 4.78 is 27.5. The van der Waals surface area contributed by atoms with Crippen LogP contribution in [0.3, 0.4) is 0 Å². The lowest BCUT2D eigenvalue weighted by atomic mass is 10.2. The molecule has 120 valence electrons. The second kappa shape index (κ2) is 5.22. The SMILES string of the molecule is O=S(=O)(c1cccc2c(Cl)nccc12)n1ccc2cc(O)ccc21. The van der Waals surface area contributed by atoms with E-state index >= 15 is 0 Å². The van der Waals surface area contributed by atoms with Crippen LogP contribution in [0.5, 0.6) is 5.75 Å². The van der Waals surface area contributed by atoms with Crippen molar-refractivity contribution in [2.24, 2.45) is 0 Å². The number of aromatic hydroxyl groups is 1. The predicted octanol–water partition coefficient (Wildman–Crippen LogP) is 3.79. The summed E-state index contributed by atoms with van der Waals surface area (Å²) >= 11 is 6.08. The molecule has 4 rings (SSSR count). The van der Waals surface area contributed by atoms with E-state index in [-0.39, 0.29) is 15.8 Å². The van der Waals surface area contributed by atoms with E-state index in [1.165, 1.54) is 28.5 Å². The van der Waals surface area contributed by atoms with E-state index < -0.39 is 10.0 Å². The second-order valence-corrected chi connectivity index (χ2v) is 7.45. The maximum Gasteiger partial charge on any atom is 0.268 e. The minimum absolute atomic E-state index is 0.0839. The van der Waals surface area contributed by atoms with Crippen LogP contribution in [0.1, 0.15) is 0 Å². The van der Waals surface area contributed by atoms with E-state index in [0.29, 0.717) is 21.7 Å². The second-order valence-electron chi connectivity index (χ2n) is 5.31. The lowest BCUT2D eigenvalue weighted by Gasteiger charge is -2.11. The Morgan fingerprint density at radius 2 is 1.88 bits per heavy atom. The van der Waals surface area contributed by atoms with E-state index in [4.69, 9.17) is 11.6 Å². The number of hydrogen-bond acceptors (Lipinski definition) is 4. The summed E-state index contributed by atoms with van der Waals surface area (Å²) in [6.07, 6.45) is 2.95. The number of fused-ring (bicyclic) bond motifs is 2. The molecule has 2 aromatic heterocycles. The van der Waals surface area contributed by atoms with Crippen molar-refractivity contribution in [2.45, 2.75) is 4.90 Å². The van der Waals surface area contributed by atoms with E-state index in [0.717, 1.165) is 0 Å². The molecule has 0 aliphatic rings. The lowest BCUT2D eigenvalue weighted by molar-refractivity contribution is 0.476. The third-order valence-electron chi connectivity index (χ3n) is 3.89. The molecule has 1 N–H and O–H groups in total. The normalized spacial score (nSPS) is 12.0. The molecule has 0 fully saturated rings. The molecular formula is C17H11ClN2O3S. The smallest absolute Gasteiger partial charge is 0.268 e. The molecule has 4 aromatic rings. The Bertz CT molecular complexity index is 1200. The highest BCUT2D eigenvalue weighted by atomic mass is 35.5. The summed E-state index contributed by atoms with van der Waals surface area (Å²) in [5, 5.41) is 11.5. The fourth-order valence-corrected chi connectivity index (χ4v) is 4.57. The van der Waals surface area contributed by atoms with E-state index in [1.54, 1.807) is 36.4 Å².